The minimum atomic E-state index is -0.459. The van der Waals surface area contributed by atoms with Gasteiger partial charge in [0.15, 0.2) is 5.78 Å². The van der Waals surface area contributed by atoms with Crippen LogP contribution >= 0.6 is 11.3 Å². The summed E-state index contributed by atoms with van der Waals surface area (Å²) in [5.41, 5.74) is 0.276. The second-order valence-corrected chi connectivity index (χ2v) is 7.69. The number of rotatable bonds is 5. The first kappa shape index (κ1) is 18.2. The fourth-order valence-electron chi connectivity index (χ4n) is 1.89. The van der Waals surface area contributed by atoms with Gasteiger partial charge in [-0.05, 0) is 30.2 Å². The van der Waals surface area contributed by atoms with Gasteiger partial charge in [0.25, 0.3) is 5.56 Å². The zero-order chi connectivity index (χ0) is 17.7. The van der Waals surface area contributed by atoms with Crippen LogP contribution in [0.2, 0.25) is 0 Å². The Labute approximate surface area is 145 Å². The highest BCUT2D eigenvalue weighted by Gasteiger charge is 2.18. The Bertz CT molecular complexity index is 867. The molecule has 1 aromatic carbocycles. The highest BCUT2D eigenvalue weighted by molar-refractivity contribution is 7.07. The van der Waals surface area contributed by atoms with E-state index in [1.165, 1.54) is 17.4 Å². The normalized spacial score (nSPS) is 13.3. The molecule has 0 spiro atoms. The van der Waals surface area contributed by atoms with Crippen molar-refractivity contribution in [2.75, 3.05) is 6.61 Å². The van der Waals surface area contributed by atoms with Gasteiger partial charge in [0.05, 0.1) is 15.8 Å². The summed E-state index contributed by atoms with van der Waals surface area (Å²) in [6.07, 6.45) is 4.28. The van der Waals surface area contributed by atoms with Gasteiger partial charge in [-0.3, -0.25) is 9.59 Å². The third-order valence-corrected chi connectivity index (χ3v) is 4.30. The number of H-pyrrole nitrogens is 1. The number of aromatic amines is 1. The minimum absolute atomic E-state index is 0.0102. The number of carbonyl (C=O) groups is 1. The van der Waals surface area contributed by atoms with E-state index < -0.39 is 5.41 Å². The van der Waals surface area contributed by atoms with Gasteiger partial charge in [0.1, 0.15) is 5.75 Å². The maximum absolute atomic E-state index is 12.1. The lowest BCUT2D eigenvalue weighted by Gasteiger charge is -2.12. The SMILES string of the molecule is CCCOc1ccc(C=c2sc(=CC(=O)C(C)(C)C)[nH]c2=O)cc1. The summed E-state index contributed by atoms with van der Waals surface area (Å²) in [4.78, 5) is 26.8. The van der Waals surface area contributed by atoms with Gasteiger partial charge in [0.2, 0.25) is 0 Å². The molecule has 0 aliphatic carbocycles. The second-order valence-electron chi connectivity index (χ2n) is 6.61. The fourth-order valence-corrected chi connectivity index (χ4v) is 2.78. The number of aromatic nitrogens is 1. The Morgan fingerprint density at radius 2 is 1.92 bits per heavy atom. The van der Waals surface area contributed by atoms with E-state index >= 15 is 0 Å². The maximum Gasteiger partial charge on any atom is 0.266 e. The largest absolute Gasteiger partial charge is 0.494 e. The first-order chi connectivity index (χ1) is 11.3. The van der Waals surface area contributed by atoms with Crippen LogP contribution in [0.15, 0.2) is 29.1 Å². The molecule has 0 saturated carbocycles. The molecule has 128 valence electrons. The van der Waals surface area contributed by atoms with Gasteiger partial charge < -0.3 is 9.72 Å². The molecule has 1 heterocycles. The molecule has 2 aromatic rings. The van der Waals surface area contributed by atoms with Gasteiger partial charge in [-0.1, -0.05) is 39.8 Å². The molecule has 4 nitrogen and oxygen atoms in total. The Morgan fingerprint density at radius 1 is 1.25 bits per heavy atom. The minimum Gasteiger partial charge on any atom is -0.494 e. The average Bonchev–Trinajstić information content (AvgIpc) is 2.85. The summed E-state index contributed by atoms with van der Waals surface area (Å²) >= 11 is 1.29. The third kappa shape index (κ3) is 4.93. The third-order valence-electron chi connectivity index (χ3n) is 3.33. The molecule has 0 unspecified atom stereocenters. The standard InChI is InChI=1S/C19H23NO3S/c1-5-10-23-14-8-6-13(7-9-14)11-15-18(22)20-17(24-15)12-16(21)19(2,3)4/h6-9,11-12H,5,10H2,1-4H3,(H,20,22). The van der Waals surface area contributed by atoms with Crippen LogP contribution in [-0.4, -0.2) is 17.4 Å². The quantitative estimate of drug-likeness (QED) is 0.905. The van der Waals surface area contributed by atoms with Crippen molar-refractivity contribution in [2.24, 2.45) is 5.41 Å². The van der Waals surface area contributed by atoms with E-state index in [1.54, 1.807) is 0 Å². The second kappa shape index (κ2) is 7.62. The summed E-state index contributed by atoms with van der Waals surface area (Å²) in [6, 6.07) is 7.60. The molecule has 1 aromatic heterocycles. The fraction of sp³-hybridized carbons (Fsp3) is 0.368. The van der Waals surface area contributed by atoms with E-state index in [-0.39, 0.29) is 11.3 Å². The highest BCUT2D eigenvalue weighted by atomic mass is 32.1. The summed E-state index contributed by atoms with van der Waals surface area (Å²) in [6.45, 7) is 8.31. The first-order valence-corrected chi connectivity index (χ1v) is 8.81. The monoisotopic (exact) mass is 345 g/mol. The van der Waals surface area contributed by atoms with Crippen LogP contribution in [0, 0.1) is 5.41 Å². The molecule has 0 fully saturated rings. The number of Topliss-reactive ketones (excluding diaryl/α,β-unsaturated/α-hetero) is 1. The first-order valence-electron chi connectivity index (χ1n) is 7.99. The van der Waals surface area contributed by atoms with E-state index in [0.717, 1.165) is 17.7 Å². The van der Waals surface area contributed by atoms with Crippen LogP contribution in [0.5, 0.6) is 5.75 Å². The molecule has 0 amide bonds. The Morgan fingerprint density at radius 3 is 2.50 bits per heavy atom. The number of nitrogens with one attached hydrogen (secondary N) is 1. The van der Waals surface area contributed by atoms with Gasteiger partial charge in [-0.15, -0.1) is 11.3 Å². The van der Waals surface area contributed by atoms with Crippen LogP contribution < -0.4 is 19.5 Å². The van der Waals surface area contributed by atoms with Crippen LogP contribution in [0.3, 0.4) is 0 Å². The molecule has 5 heteroatoms. The van der Waals surface area contributed by atoms with E-state index in [0.29, 0.717) is 15.8 Å². The molecule has 24 heavy (non-hydrogen) atoms. The number of carbonyl (C=O) groups excluding carboxylic acids is 1. The van der Waals surface area contributed by atoms with Gasteiger partial charge in [-0.2, -0.15) is 0 Å². The molecular formula is C19H23NO3S. The molecule has 0 bridgehead atoms. The molecule has 0 atom stereocenters. The molecule has 0 aliphatic heterocycles. The van der Waals surface area contributed by atoms with Crippen LogP contribution in [0.1, 0.15) is 39.7 Å². The topological polar surface area (TPSA) is 59.2 Å². The number of ether oxygens (including phenoxy) is 1. The van der Waals surface area contributed by atoms with Crippen LogP contribution in [0.25, 0.3) is 12.2 Å². The summed E-state index contributed by atoms with van der Waals surface area (Å²) < 4.78 is 6.69. The van der Waals surface area contributed by atoms with Gasteiger partial charge >= 0.3 is 0 Å². The number of thiazole rings is 1. The number of hydrogen-bond acceptors (Lipinski definition) is 4. The highest BCUT2D eigenvalue weighted by Crippen LogP contribution is 2.15. The van der Waals surface area contributed by atoms with E-state index in [9.17, 15) is 9.59 Å². The van der Waals surface area contributed by atoms with Crippen molar-refractivity contribution >= 4 is 29.3 Å². The Balaban J connectivity index is 2.30. The molecule has 1 N–H and O–H groups in total. The lowest BCUT2D eigenvalue weighted by Crippen LogP contribution is -2.22. The number of ketones is 1. The smallest absolute Gasteiger partial charge is 0.266 e. The summed E-state index contributed by atoms with van der Waals surface area (Å²) in [5, 5.41) is 0. The zero-order valence-electron chi connectivity index (χ0n) is 14.5. The molecular weight excluding hydrogens is 322 g/mol. The summed E-state index contributed by atoms with van der Waals surface area (Å²) in [7, 11) is 0. The molecule has 0 saturated heterocycles. The van der Waals surface area contributed by atoms with E-state index in [4.69, 9.17) is 4.74 Å². The lowest BCUT2D eigenvalue weighted by molar-refractivity contribution is -0.119. The molecule has 0 radical (unpaired) electrons. The Kier molecular flexibility index (Phi) is 5.78. The lowest BCUT2D eigenvalue weighted by atomic mass is 9.91. The maximum atomic E-state index is 12.1. The summed E-state index contributed by atoms with van der Waals surface area (Å²) in [5.74, 6) is 0.808. The Hall–Kier alpha value is -2.14. The molecule has 0 aliphatic rings. The van der Waals surface area contributed by atoms with Crippen molar-refractivity contribution in [2.45, 2.75) is 34.1 Å². The number of hydrogen-bond donors (Lipinski definition) is 1. The van der Waals surface area contributed by atoms with E-state index in [2.05, 4.69) is 11.9 Å². The molecule has 2 rings (SSSR count). The van der Waals surface area contributed by atoms with Crippen molar-refractivity contribution in [1.82, 2.24) is 4.98 Å². The van der Waals surface area contributed by atoms with Crippen molar-refractivity contribution in [1.29, 1.82) is 0 Å². The zero-order valence-corrected chi connectivity index (χ0v) is 15.3. The average molecular weight is 345 g/mol. The number of benzene rings is 1. The van der Waals surface area contributed by atoms with E-state index in [1.807, 2.05) is 51.1 Å². The van der Waals surface area contributed by atoms with Crippen LogP contribution in [0.4, 0.5) is 0 Å². The predicted octanol–water partition coefficient (Wildman–Crippen LogP) is 2.45. The van der Waals surface area contributed by atoms with Crippen molar-refractivity contribution in [3.8, 4) is 5.75 Å². The van der Waals surface area contributed by atoms with Crippen molar-refractivity contribution in [3.63, 3.8) is 0 Å². The van der Waals surface area contributed by atoms with Crippen LogP contribution in [-0.2, 0) is 4.79 Å². The van der Waals surface area contributed by atoms with Gasteiger partial charge in [-0.25, -0.2) is 0 Å². The van der Waals surface area contributed by atoms with Crippen molar-refractivity contribution < 1.29 is 9.53 Å². The predicted molar refractivity (Wildman–Crippen MR) is 98.9 cm³/mol. The van der Waals surface area contributed by atoms with Gasteiger partial charge in [0, 0.05) is 11.5 Å². The van der Waals surface area contributed by atoms with Crippen molar-refractivity contribution in [3.05, 3.63) is 49.4 Å².